The van der Waals surface area contributed by atoms with E-state index in [1.54, 1.807) is 24.3 Å². The number of benzene rings is 2. The molecule has 0 saturated carbocycles. The van der Waals surface area contributed by atoms with Gasteiger partial charge in [0.25, 0.3) is 0 Å². The van der Waals surface area contributed by atoms with E-state index in [0.717, 1.165) is 12.2 Å². The van der Waals surface area contributed by atoms with Crippen molar-refractivity contribution in [1.29, 1.82) is 0 Å². The molecule has 3 rings (SSSR count). The summed E-state index contributed by atoms with van der Waals surface area (Å²) in [5.74, 6) is 0.830. The third kappa shape index (κ3) is 5.48. The van der Waals surface area contributed by atoms with Crippen LogP contribution in [0.2, 0.25) is 5.02 Å². The molecule has 1 heterocycles. The summed E-state index contributed by atoms with van der Waals surface area (Å²) in [5.41, 5.74) is 1.23. The minimum absolute atomic E-state index is 0.0530. The van der Waals surface area contributed by atoms with Gasteiger partial charge in [-0.2, -0.15) is 0 Å². The average Bonchev–Trinajstić information content (AvgIpc) is 2.64. The zero-order valence-corrected chi connectivity index (χ0v) is 14.8. The summed E-state index contributed by atoms with van der Waals surface area (Å²) < 4.78 is 11.4. The standard InChI is InChI=1S/C20H22ClNO3/c21-17-6-8-18(9-7-17)24-12-10-20(23)22-11-13-25-19(15-22)14-16-4-2-1-3-5-16/h1-9,19H,10-15H2. The summed E-state index contributed by atoms with van der Waals surface area (Å²) in [7, 11) is 0. The predicted molar refractivity (Wildman–Crippen MR) is 98.0 cm³/mol. The minimum Gasteiger partial charge on any atom is -0.493 e. The van der Waals surface area contributed by atoms with Gasteiger partial charge in [-0.15, -0.1) is 0 Å². The van der Waals surface area contributed by atoms with Gasteiger partial charge in [0.2, 0.25) is 5.91 Å². The number of rotatable bonds is 6. The SMILES string of the molecule is O=C(CCOc1ccc(Cl)cc1)N1CCOC(Cc2ccccc2)C1. The summed E-state index contributed by atoms with van der Waals surface area (Å²) in [4.78, 5) is 14.3. The molecule has 1 aliphatic heterocycles. The Morgan fingerprint density at radius 2 is 1.92 bits per heavy atom. The lowest BCUT2D eigenvalue weighted by Crippen LogP contribution is -2.46. The Kier molecular flexibility index (Phi) is 6.31. The van der Waals surface area contributed by atoms with Gasteiger partial charge in [-0.3, -0.25) is 4.79 Å². The molecule has 0 radical (unpaired) electrons. The predicted octanol–water partition coefficient (Wildman–Crippen LogP) is 3.58. The van der Waals surface area contributed by atoms with Crippen LogP contribution < -0.4 is 4.74 Å². The molecule has 1 unspecified atom stereocenters. The molecule has 4 nitrogen and oxygen atoms in total. The molecular formula is C20H22ClNO3. The fraction of sp³-hybridized carbons (Fsp3) is 0.350. The molecule has 0 aliphatic carbocycles. The minimum atomic E-state index is 0.0530. The first kappa shape index (κ1) is 17.8. The first-order valence-corrected chi connectivity index (χ1v) is 8.90. The molecule has 0 spiro atoms. The van der Waals surface area contributed by atoms with Crippen LogP contribution in [0.25, 0.3) is 0 Å². The zero-order valence-electron chi connectivity index (χ0n) is 14.1. The summed E-state index contributed by atoms with van der Waals surface area (Å²) in [5, 5.41) is 0.668. The smallest absolute Gasteiger partial charge is 0.226 e. The normalized spacial score (nSPS) is 17.3. The van der Waals surface area contributed by atoms with E-state index < -0.39 is 0 Å². The van der Waals surface area contributed by atoms with Crippen LogP contribution in [0, 0.1) is 0 Å². The molecule has 0 aromatic heterocycles. The first-order valence-electron chi connectivity index (χ1n) is 8.52. The summed E-state index contributed by atoms with van der Waals surface area (Å²) in [6.07, 6.45) is 1.24. The first-order chi connectivity index (χ1) is 12.2. The van der Waals surface area contributed by atoms with Crippen LogP contribution in [0.4, 0.5) is 0 Å². The summed E-state index contributed by atoms with van der Waals surface area (Å²) in [6, 6.07) is 17.4. The molecule has 25 heavy (non-hydrogen) atoms. The van der Waals surface area contributed by atoms with Crippen molar-refractivity contribution in [2.24, 2.45) is 0 Å². The highest BCUT2D eigenvalue weighted by atomic mass is 35.5. The topological polar surface area (TPSA) is 38.8 Å². The van der Waals surface area contributed by atoms with E-state index in [2.05, 4.69) is 12.1 Å². The number of hydrogen-bond donors (Lipinski definition) is 0. The number of halogens is 1. The number of carbonyl (C=O) groups is 1. The molecule has 1 aliphatic rings. The van der Waals surface area contributed by atoms with Crippen LogP contribution in [0.5, 0.6) is 5.75 Å². The van der Waals surface area contributed by atoms with Gasteiger partial charge in [-0.25, -0.2) is 0 Å². The number of carbonyl (C=O) groups excluding carboxylic acids is 1. The second-order valence-electron chi connectivity index (χ2n) is 6.07. The maximum Gasteiger partial charge on any atom is 0.226 e. The van der Waals surface area contributed by atoms with Gasteiger partial charge in [0.05, 0.1) is 25.7 Å². The van der Waals surface area contributed by atoms with E-state index in [1.807, 2.05) is 23.1 Å². The Hall–Kier alpha value is -2.04. The van der Waals surface area contributed by atoms with E-state index in [-0.39, 0.29) is 12.0 Å². The van der Waals surface area contributed by atoms with Gasteiger partial charge in [0.1, 0.15) is 5.75 Å². The van der Waals surface area contributed by atoms with Gasteiger partial charge in [0.15, 0.2) is 0 Å². The van der Waals surface area contributed by atoms with Gasteiger partial charge < -0.3 is 14.4 Å². The average molecular weight is 360 g/mol. The zero-order chi connectivity index (χ0) is 17.5. The fourth-order valence-corrected chi connectivity index (χ4v) is 3.02. The molecule has 1 amide bonds. The molecule has 1 saturated heterocycles. The second kappa shape index (κ2) is 8.88. The highest BCUT2D eigenvalue weighted by Crippen LogP contribution is 2.16. The van der Waals surface area contributed by atoms with Crippen molar-refractivity contribution < 1.29 is 14.3 Å². The van der Waals surface area contributed by atoms with Crippen molar-refractivity contribution in [3.8, 4) is 5.75 Å². The highest BCUT2D eigenvalue weighted by Gasteiger charge is 2.24. The van der Waals surface area contributed by atoms with E-state index in [4.69, 9.17) is 21.1 Å². The maximum atomic E-state index is 12.4. The molecule has 5 heteroatoms. The number of hydrogen-bond acceptors (Lipinski definition) is 3. The van der Waals surface area contributed by atoms with E-state index >= 15 is 0 Å². The Morgan fingerprint density at radius 3 is 2.68 bits per heavy atom. The van der Waals surface area contributed by atoms with Crippen molar-refractivity contribution in [3.05, 3.63) is 65.2 Å². The second-order valence-corrected chi connectivity index (χ2v) is 6.51. The molecule has 1 fully saturated rings. The van der Waals surface area contributed by atoms with E-state index in [9.17, 15) is 4.79 Å². The summed E-state index contributed by atoms with van der Waals surface area (Å²) in [6.45, 7) is 2.22. The lowest BCUT2D eigenvalue weighted by Gasteiger charge is -2.33. The molecule has 1 atom stereocenters. The molecule has 2 aromatic rings. The lowest BCUT2D eigenvalue weighted by molar-refractivity contribution is -0.139. The Labute approximate surface area is 153 Å². The van der Waals surface area contributed by atoms with Crippen molar-refractivity contribution in [3.63, 3.8) is 0 Å². The molecule has 0 N–H and O–H groups in total. The van der Waals surface area contributed by atoms with Crippen LogP contribution in [-0.4, -0.2) is 43.2 Å². The molecule has 132 valence electrons. The lowest BCUT2D eigenvalue weighted by atomic mass is 10.1. The molecular weight excluding hydrogens is 338 g/mol. The van der Waals surface area contributed by atoms with Crippen LogP contribution >= 0.6 is 11.6 Å². The number of ether oxygens (including phenoxy) is 2. The fourth-order valence-electron chi connectivity index (χ4n) is 2.89. The van der Waals surface area contributed by atoms with Crippen LogP contribution in [0.3, 0.4) is 0 Å². The third-order valence-electron chi connectivity index (χ3n) is 4.20. The van der Waals surface area contributed by atoms with Crippen molar-refractivity contribution in [2.45, 2.75) is 18.9 Å². The quantitative estimate of drug-likeness (QED) is 0.791. The van der Waals surface area contributed by atoms with Crippen molar-refractivity contribution >= 4 is 17.5 Å². The Bertz CT molecular complexity index is 675. The monoisotopic (exact) mass is 359 g/mol. The largest absolute Gasteiger partial charge is 0.493 e. The molecule has 0 bridgehead atoms. The highest BCUT2D eigenvalue weighted by molar-refractivity contribution is 6.30. The van der Waals surface area contributed by atoms with Crippen LogP contribution in [0.1, 0.15) is 12.0 Å². The Morgan fingerprint density at radius 1 is 1.16 bits per heavy atom. The molecule has 2 aromatic carbocycles. The van der Waals surface area contributed by atoms with Crippen molar-refractivity contribution in [1.82, 2.24) is 4.90 Å². The number of nitrogens with zero attached hydrogens (tertiary/aromatic N) is 1. The Balaban J connectivity index is 1.44. The van der Waals surface area contributed by atoms with Gasteiger partial charge >= 0.3 is 0 Å². The summed E-state index contributed by atoms with van der Waals surface area (Å²) >= 11 is 5.84. The van der Waals surface area contributed by atoms with Crippen molar-refractivity contribution in [2.75, 3.05) is 26.3 Å². The number of amides is 1. The van der Waals surface area contributed by atoms with E-state index in [1.165, 1.54) is 5.56 Å². The maximum absolute atomic E-state index is 12.4. The van der Waals surface area contributed by atoms with Gasteiger partial charge in [-0.05, 0) is 29.8 Å². The number of morpholine rings is 1. The van der Waals surface area contributed by atoms with Crippen LogP contribution in [0.15, 0.2) is 54.6 Å². The van der Waals surface area contributed by atoms with Gasteiger partial charge in [-0.1, -0.05) is 41.9 Å². The van der Waals surface area contributed by atoms with E-state index in [0.29, 0.717) is 37.7 Å². The van der Waals surface area contributed by atoms with Gasteiger partial charge in [0, 0.05) is 24.5 Å². The third-order valence-corrected chi connectivity index (χ3v) is 4.45. The van der Waals surface area contributed by atoms with Crippen LogP contribution in [-0.2, 0) is 16.0 Å².